The van der Waals surface area contributed by atoms with Gasteiger partial charge in [-0.05, 0) is 57.6 Å². The summed E-state index contributed by atoms with van der Waals surface area (Å²) in [4.78, 5) is 20.8. The van der Waals surface area contributed by atoms with Gasteiger partial charge in [0, 0.05) is 51.3 Å². The van der Waals surface area contributed by atoms with E-state index in [0.29, 0.717) is 18.2 Å². The summed E-state index contributed by atoms with van der Waals surface area (Å²) in [7, 11) is 4.22. The molecule has 1 aromatic carbocycles. The normalized spacial score (nSPS) is 19.8. The summed E-state index contributed by atoms with van der Waals surface area (Å²) in [5.74, 6) is 0.787. The monoisotopic (exact) mass is 440 g/mol. The molecular weight excluding hydrogens is 407 g/mol. The number of likely N-dealkylation sites (N-methyl/N-ethyl adjacent to an activating group) is 1. The predicted octanol–water partition coefficient (Wildman–Crippen LogP) is 3.09. The zero-order chi connectivity index (χ0) is 22.6. The number of aryl methyl sites for hydroxylation is 1. The van der Waals surface area contributed by atoms with Gasteiger partial charge in [0.25, 0.3) is 0 Å². The first-order chi connectivity index (χ1) is 15.3. The fourth-order valence-corrected chi connectivity index (χ4v) is 5.34. The van der Waals surface area contributed by atoms with Crippen molar-refractivity contribution < 1.29 is 9.18 Å². The Labute approximate surface area is 189 Å². The topological polar surface area (TPSA) is 47.9 Å². The second-order valence-electron chi connectivity index (χ2n) is 9.58. The predicted molar refractivity (Wildman–Crippen MR) is 124 cm³/mol. The van der Waals surface area contributed by atoms with E-state index in [2.05, 4.69) is 33.5 Å². The number of benzene rings is 1. The van der Waals surface area contributed by atoms with Crippen molar-refractivity contribution in [2.45, 2.75) is 45.7 Å². The smallest absolute Gasteiger partial charge is 0.219 e. The molecule has 0 bridgehead atoms. The van der Waals surface area contributed by atoms with Gasteiger partial charge >= 0.3 is 0 Å². The number of rotatable bonds is 2. The molecule has 1 amide bonds. The Kier molecular flexibility index (Phi) is 5.35. The number of amides is 1. The Bertz CT molecular complexity index is 1040. The molecule has 0 atom stereocenters. The van der Waals surface area contributed by atoms with Crippen LogP contribution in [0.25, 0.3) is 0 Å². The number of piperidine rings is 1. The molecule has 1 fully saturated rings. The number of anilines is 3. The Morgan fingerprint density at radius 3 is 2.53 bits per heavy atom. The van der Waals surface area contributed by atoms with Crippen LogP contribution in [0.3, 0.4) is 0 Å². The van der Waals surface area contributed by atoms with Crippen LogP contribution in [0.1, 0.15) is 42.6 Å². The third-order valence-electron chi connectivity index (χ3n) is 7.42. The average molecular weight is 441 g/mol. The molecule has 7 nitrogen and oxygen atoms in total. The fraction of sp³-hybridized carbons (Fsp3) is 0.583. The van der Waals surface area contributed by atoms with E-state index >= 15 is 0 Å². The van der Waals surface area contributed by atoms with Crippen LogP contribution >= 0.6 is 0 Å². The molecule has 3 aliphatic rings. The van der Waals surface area contributed by atoms with Crippen LogP contribution in [-0.4, -0.2) is 72.3 Å². The summed E-state index contributed by atoms with van der Waals surface area (Å²) in [6.07, 6.45) is 2.97. The van der Waals surface area contributed by atoms with Crippen LogP contribution in [0, 0.1) is 12.7 Å². The van der Waals surface area contributed by atoms with Gasteiger partial charge in [0.2, 0.25) is 5.91 Å². The van der Waals surface area contributed by atoms with Gasteiger partial charge < -0.3 is 19.6 Å². The van der Waals surface area contributed by atoms with E-state index in [9.17, 15) is 9.18 Å². The lowest BCUT2D eigenvalue weighted by atomic mass is 10.0. The lowest BCUT2D eigenvalue weighted by Crippen LogP contribution is -2.38. The van der Waals surface area contributed by atoms with Gasteiger partial charge in [0.1, 0.15) is 5.82 Å². The van der Waals surface area contributed by atoms with Crippen molar-refractivity contribution in [3.05, 3.63) is 34.8 Å². The largest absolute Gasteiger partial charge is 0.371 e. The SMILES string of the molecule is CC(=O)N1CCc2c(c(N3CCN(C)c4cc(C)c(F)cc43)nn2C2CCN(C)CC2)C1. The number of hydrogen-bond acceptors (Lipinski definition) is 5. The van der Waals surface area contributed by atoms with Gasteiger partial charge in [-0.2, -0.15) is 5.10 Å². The van der Waals surface area contributed by atoms with E-state index in [1.54, 1.807) is 13.0 Å². The number of aromatic nitrogens is 2. The molecule has 0 aliphatic carbocycles. The molecule has 5 rings (SSSR count). The van der Waals surface area contributed by atoms with Crippen molar-refractivity contribution in [3.63, 3.8) is 0 Å². The maximum Gasteiger partial charge on any atom is 0.219 e. The highest BCUT2D eigenvalue weighted by atomic mass is 19.1. The summed E-state index contributed by atoms with van der Waals surface area (Å²) >= 11 is 0. The summed E-state index contributed by atoms with van der Waals surface area (Å²) in [5, 5.41) is 5.18. The molecule has 3 aliphatic heterocycles. The van der Waals surface area contributed by atoms with Crippen LogP contribution in [-0.2, 0) is 17.8 Å². The molecule has 1 aromatic heterocycles. The number of hydrogen-bond donors (Lipinski definition) is 0. The van der Waals surface area contributed by atoms with E-state index in [4.69, 9.17) is 5.10 Å². The molecule has 1 saturated heterocycles. The zero-order valence-electron chi connectivity index (χ0n) is 19.6. The molecule has 172 valence electrons. The van der Waals surface area contributed by atoms with Crippen molar-refractivity contribution >= 4 is 23.1 Å². The lowest BCUT2D eigenvalue weighted by Gasteiger charge is -2.37. The number of likely N-dealkylation sites (tertiary alicyclic amines) is 1. The van der Waals surface area contributed by atoms with Gasteiger partial charge in [-0.1, -0.05) is 0 Å². The van der Waals surface area contributed by atoms with Crippen LogP contribution in [0.2, 0.25) is 0 Å². The standard InChI is InChI=1S/C24H33FN6O/c1-16-13-22-23(14-20(16)25)30(12-11-28(22)4)24-19-15-29(17(2)32)10-7-21(19)31(26-24)18-5-8-27(3)9-6-18/h13-14,18H,5-12,15H2,1-4H3. The van der Waals surface area contributed by atoms with Gasteiger partial charge in [-0.25, -0.2) is 4.39 Å². The van der Waals surface area contributed by atoms with Crippen molar-refractivity contribution in [2.24, 2.45) is 0 Å². The van der Waals surface area contributed by atoms with Gasteiger partial charge in [-0.15, -0.1) is 0 Å². The zero-order valence-corrected chi connectivity index (χ0v) is 19.6. The second-order valence-corrected chi connectivity index (χ2v) is 9.58. The molecular formula is C24H33FN6O. The lowest BCUT2D eigenvalue weighted by molar-refractivity contribution is -0.129. The number of halogens is 1. The molecule has 32 heavy (non-hydrogen) atoms. The first kappa shape index (κ1) is 21.2. The van der Waals surface area contributed by atoms with Crippen LogP contribution in [0.5, 0.6) is 0 Å². The average Bonchev–Trinajstić information content (AvgIpc) is 3.14. The molecule has 2 aromatic rings. The molecule has 0 saturated carbocycles. The Hall–Kier alpha value is -2.61. The van der Waals surface area contributed by atoms with Crippen LogP contribution in [0.15, 0.2) is 12.1 Å². The number of nitrogens with zero attached hydrogens (tertiary/aromatic N) is 6. The minimum absolute atomic E-state index is 0.0917. The molecule has 0 N–H and O–H groups in total. The summed E-state index contributed by atoms with van der Waals surface area (Å²) in [6, 6.07) is 3.95. The highest BCUT2D eigenvalue weighted by Crippen LogP contribution is 2.42. The minimum Gasteiger partial charge on any atom is -0.371 e. The van der Waals surface area contributed by atoms with Crippen LogP contribution < -0.4 is 9.80 Å². The van der Waals surface area contributed by atoms with E-state index in [1.807, 2.05) is 17.9 Å². The maximum atomic E-state index is 14.6. The van der Waals surface area contributed by atoms with Crippen molar-refractivity contribution in [1.82, 2.24) is 19.6 Å². The van der Waals surface area contributed by atoms with Crippen LogP contribution in [0.4, 0.5) is 21.6 Å². The number of carbonyl (C=O) groups is 1. The Balaban J connectivity index is 1.61. The third kappa shape index (κ3) is 3.54. The highest BCUT2D eigenvalue weighted by molar-refractivity contribution is 5.80. The molecule has 4 heterocycles. The second kappa shape index (κ2) is 8.06. The van der Waals surface area contributed by atoms with Crippen molar-refractivity contribution in [1.29, 1.82) is 0 Å². The molecule has 0 unspecified atom stereocenters. The van der Waals surface area contributed by atoms with Crippen molar-refractivity contribution in [2.75, 3.05) is 56.6 Å². The summed E-state index contributed by atoms with van der Waals surface area (Å²) in [5.41, 5.74) is 4.91. The first-order valence-corrected chi connectivity index (χ1v) is 11.7. The van der Waals surface area contributed by atoms with Gasteiger partial charge in [-0.3, -0.25) is 9.48 Å². The number of fused-ring (bicyclic) bond motifs is 2. The quantitative estimate of drug-likeness (QED) is 0.718. The number of carbonyl (C=O) groups excluding carboxylic acids is 1. The minimum atomic E-state index is -0.196. The van der Waals surface area contributed by atoms with Gasteiger partial charge in [0.05, 0.1) is 24.0 Å². The Morgan fingerprint density at radius 1 is 1.06 bits per heavy atom. The summed E-state index contributed by atoms with van der Waals surface area (Å²) < 4.78 is 16.9. The fourth-order valence-electron chi connectivity index (χ4n) is 5.34. The summed E-state index contributed by atoms with van der Waals surface area (Å²) in [6.45, 7) is 8.45. The third-order valence-corrected chi connectivity index (χ3v) is 7.42. The Morgan fingerprint density at radius 2 is 1.81 bits per heavy atom. The molecule has 0 spiro atoms. The molecule has 0 radical (unpaired) electrons. The first-order valence-electron chi connectivity index (χ1n) is 11.7. The van der Waals surface area contributed by atoms with E-state index in [0.717, 1.165) is 74.7 Å². The van der Waals surface area contributed by atoms with Crippen molar-refractivity contribution in [3.8, 4) is 0 Å². The van der Waals surface area contributed by atoms with E-state index in [-0.39, 0.29) is 11.7 Å². The van der Waals surface area contributed by atoms with Gasteiger partial charge in [0.15, 0.2) is 5.82 Å². The molecule has 8 heteroatoms. The van der Waals surface area contributed by atoms with E-state index in [1.165, 1.54) is 5.69 Å². The highest BCUT2D eigenvalue weighted by Gasteiger charge is 2.34. The van der Waals surface area contributed by atoms with E-state index < -0.39 is 0 Å². The maximum absolute atomic E-state index is 14.6.